The van der Waals surface area contributed by atoms with Crippen molar-refractivity contribution < 1.29 is 32.2 Å². The molecule has 0 fully saturated rings. The number of benzene rings is 2. The molecule has 0 N–H and O–H groups in total. The van der Waals surface area contributed by atoms with Gasteiger partial charge in [-0.25, -0.2) is 14.1 Å². The summed E-state index contributed by atoms with van der Waals surface area (Å²) in [6.07, 6.45) is 0.457. The number of halogens is 4. The molecule has 5 rings (SSSR count). The van der Waals surface area contributed by atoms with Crippen LogP contribution in [0.2, 0.25) is 0 Å². The maximum atomic E-state index is 14.4. The third kappa shape index (κ3) is 7.18. The Kier molecular flexibility index (Phi) is 8.94. The minimum absolute atomic E-state index is 0.194. The molecule has 9 nitrogen and oxygen atoms in total. The third-order valence-corrected chi connectivity index (χ3v) is 7.10. The number of alkyl halides is 3. The maximum Gasteiger partial charge on any atom is 0.434 e. The minimum atomic E-state index is -5.05. The molecule has 2 aromatic carbocycles. The monoisotopic (exact) mass is 617 g/mol. The highest BCUT2D eigenvalue weighted by molar-refractivity contribution is 5.87. The van der Waals surface area contributed by atoms with E-state index in [0.717, 1.165) is 11.1 Å². The van der Waals surface area contributed by atoms with E-state index >= 15 is 0 Å². The fraction of sp³-hybridized carbons (Fsp3) is 0.219. The first-order valence-electron chi connectivity index (χ1n) is 13.8. The molecule has 0 aliphatic rings. The van der Waals surface area contributed by atoms with Crippen molar-refractivity contribution in [3.8, 4) is 28.9 Å². The van der Waals surface area contributed by atoms with Gasteiger partial charge in [-0.1, -0.05) is 18.2 Å². The van der Waals surface area contributed by atoms with Crippen LogP contribution in [0.4, 0.5) is 17.6 Å². The molecule has 0 aliphatic carbocycles. The van der Waals surface area contributed by atoms with E-state index in [1.807, 2.05) is 31.2 Å². The Bertz CT molecular complexity index is 1890. The van der Waals surface area contributed by atoms with Gasteiger partial charge in [0.25, 0.3) is 0 Å². The van der Waals surface area contributed by atoms with Crippen LogP contribution in [0.25, 0.3) is 17.1 Å². The number of aromatic carboxylic acids is 1. The highest BCUT2D eigenvalue weighted by Crippen LogP contribution is 2.34. The van der Waals surface area contributed by atoms with Gasteiger partial charge in [0.1, 0.15) is 17.6 Å². The molecule has 0 bridgehead atoms. The summed E-state index contributed by atoms with van der Waals surface area (Å²) < 4.78 is 63.6. The standard InChI is InChI=1S/C32H26F4N6O3/c1-20-14-25(45-13-3-12-41-19-21(16-37)17-38-41)11-9-22(20)6-7-23-8-10-24(33)15-26(23)28-4-2-5-29(40-28)42-30(32(34,35)36)27(18-39-42)31(43)44/h2,4-5,8-11,14-15,17-19H,3,6-7,12-13H2,1H3,(H,43,44)/p-1. The van der Waals surface area contributed by atoms with E-state index in [0.29, 0.717) is 65.7 Å². The number of nitriles is 1. The smallest absolute Gasteiger partial charge is 0.434 e. The van der Waals surface area contributed by atoms with Crippen LogP contribution in [0, 0.1) is 24.1 Å². The van der Waals surface area contributed by atoms with Crippen LogP contribution in [-0.4, -0.2) is 37.1 Å². The van der Waals surface area contributed by atoms with Gasteiger partial charge >= 0.3 is 6.18 Å². The number of hydrogen-bond acceptors (Lipinski definition) is 7. The SMILES string of the molecule is Cc1cc(OCCCn2cc(C#N)cn2)ccc1CCc1ccc(F)cc1-c1cccc(-n2ncc(C(=O)[O-])c2C(F)(F)F)n1. The van der Waals surface area contributed by atoms with Crippen LogP contribution < -0.4 is 9.84 Å². The molecule has 3 aromatic heterocycles. The highest BCUT2D eigenvalue weighted by Gasteiger charge is 2.39. The molecule has 3 heterocycles. The molecule has 0 saturated heterocycles. The molecule has 5 aromatic rings. The summed E-state index contributed by atoms with van der Waals surface area (Å²) in [7, 11) is 0. The van der Waals surface area contributed by atoms with Crippen LogP contribution in [-0.2, 0) is 25.6 Å². The van der Waals surface area contributed by atoms with Crippen molar-refractivity contribution >= 4 is 5.97 Å². The number of nitrogens with zero attached hydrogens (tertiary/aromatic N) is 6. The van der Waals surface area contributed by atoms with Gasteiger partial charge in [-0.2, -0.15) is 28.6 Å². The molecule has 0 atom stereocenters. The van der Waals surface area contributed by atoms with Gasteiger partial charge in [-0.3, -0.25) is 4.68 Å². The van der Waals surface area contributed by atoms with E-state index in [1.54, 1.807) is 16.9 Å². The van der Waals surface area contributed by atoms with Crippen LogP contribution in [0.15, 0.2) is 73.2 Å². The average Bonchev–Trinajstić information content (AvgIpc) is 3.67. The lowest BCUT2D eigenvalue weighted by Gasteiger charge is -2.15. The third-order valence-electron chi connectivity index (χ3n) is 7.10. The van der Waals surface area contributed by atoms with Crippen LogP contribution in [0.5, 0.6) is 5.75 Å². The van der Waals surface area contributed by atoms with Crippen LogP contribution in [0.3, 0.4) is 0 Å². The molecule has 0 radical (unpaired) electrons. The second-order valence-corrected chi connectivity index (χ2v) is 10.2. The van der Waals surface area contributed by atoms with E-state index in [4.69, 9.17) is 10.00 Å². The Balaban J connectivity index is 1.30. The van der Waals surface area contributed by atoms with Crippen LogP contribution in [0.1, 0.15) is 44.7 Å². The molecule has 0 saturated carbocycles. The number of ether oxygens (including phenoxy) is 1. The fourth-order valence-corrected chi connectivity index (χ4v) is 4.91. The number of rotatable bonds is 11. The topological polar surface area (TPSA) is 122 Å². The predicted octanol–water partition coefficient (Wildman–Crippen LogP) is 5.09. The summed E-state index contributed by atoms with van der Waals surface area (Å²) in [5, 5.41) is 27.9. The maximum absolute atomic E-state index is 14.4. The Morgan fingerprint density at radius 1 is 1.04 bits per heavy atom. The zero-order valence-electron chi connectivity index (χ0n) is 23.9. The van der Waals surface area contributed by atoms with Gasteiger partial charge in [-0.15, -0.1) is 0 Å². The molecular formula is C32H25F4N6O3-. The molecule has 0 amide bonds. The molecule has 13 heteroatoms. The van der Waals surface area contributed by atoms with Gasteiger partial charge in [0, 0.05) is 30.3 Å². The van der Waals surface area contributed by atoms with Gasteiger partial charge in [0.2, 0.25) is 0 Å². The van der Waals surface area contributed by atoms with Crippen molar-refractivity contribution in [2.75, 3.05) is 6.61 Å². The number of aromatic nitrogens is 5. The normalized spacial score (nSPS) is 11.4. The second-order valence-electron chi connectivity index (χ2n) is 10.2. The number of carbonyl (C=O) groups is 1. The lowest BCUT2D eigenvalue weighted by atomic mass is 9.95. The Morgan fingerprint density at radius 3 is 2.53 bits per heavy atom. The minimum Gasteiger partial charge on any atom is -0.545 e. The van der Waals surface area contributed by atoms with Crippen molar-refractivity contribution in [2.24, 2.45) is 0 Å². The zero-order chi connectivity index (χ0) is 32.1. The van der Waals surface area contributed by atoms with Crippen molar-refractivity contribution in [1.82, 2.24) is 24.5 Å². The Morgan fingerprint density at radius 2 is 1.82 bits per heavy atom. The lowest BCUT2D eigenvalue weighted by Crippen LogP contribution is -2.26. The van der Waals surface area contributed by atoms with Gasteiger partial charge in [0.15, 0.2) is 11.5 Å². The lowest BCUT2D eigenvalue weighted by molar-refractivity contribution is -0.255. The van der Waals surface area contributed by atoms with E-state index in [9.17, 15) is 27.5 Å². The van der Waals surface area contributed by atoms with Gasteiger partial charge < -0.3 is 14.6 Å². The number of aryl methyl sites for hydroxylation is 4. The number of pyridine rings is 1. The van der Waals surface area contributed by atoms with Crippen molar-refractivity contribution in [3.05, 3.63) is 113 Å². The number of carboxylic acid groups (broad SMARTS) is 1. The number of hydrogen-bond donors (Lipinski definition) is 0. The van der Waals surface area contributed by atoms with Gasteiger partial charge in [-0.05, 0) is 72.9 Å². The van der Waals surface area contributed by atoms with E-state index in [1.165, 1.54) is 36.5 Å². The summed E-state index contributed by atoms with van der Waals surface area (Å²) in [4.78, 5) is 15.6. The first-order chi connectivity index (χ1) is 21.5. The summed E-state index contributed by atoms with van der Waals surface area (Å²) in [6.45, 7) is 3.03. The fourth-order valence-electron chi connectivity index (χ4n) is 4.91. The summed E-state index contributed by atoms with van der Waals surface area (Å²) in [5.74, 6) is -2.15. The van der Waals surface area contributed by atoms with Crippen LogP contribution >= 0.6 is 0 Å². The highest BCUT2D eigenvalue weighted by atomic mass is 19.4. The molecule has 0 aliphatic heterocycles. The predicted molar refractivity (Wildman–Crippen MR) is 152 cm³/mol. The van der Waals surface area contributed by atoms with Crippen molar-refractivity contribution in [1.29, 1.82) is 5.26 Å². The summed E-state index contributed by atoms with van der Waals surface area (Å²) >= 11 is 0. The Labute approximate surface area is 255 Å². The second kappa shape index (κ2) is 13.0. The van der Waals surface area contributed by atoms with Gasteiger partial charge in [0.05, 0.1) is 36.2 Å². The van der Waals surface area contributed by atoms with E-state index in [-0.39, 0.29) is 11.5 Å². The molecule has 0 unspecified atom stereocenters. The molecule has 45 heavy (non-hydrogen) atoms. The summed E-state index contributed by atoms with van der Waals surface area (Å²) in [6, 6.07) is 16.2. The van der Waals surface area contributed by atoms with Crippen molar-refractivity contribution in [2.45, 2.75) is 38.9 Å². The number of carboxylic acids is 1. The first kappa shape index (κ1) is 30.9. The molecule has 230 valence electrons. The molecule has 0 spiro atoms. The summed E-state index contributed by atoms with van der Waals surface area (Å²) in [5.41, 5.74) is 1.17. The zero-order valence-corrected chi connectivity index (χ0v) is 23.9. The van der Waals surface area contributed by atoms with E-state index < -0.39 is 29.2 Å². The van der Waals surface area contributed by atoms with Crippen molar-refractivity contribution in [3.63, 3.8) is 0 Å². The number of carbonyl (C=O) groups excluding carboxylic acids is 1. The van der Waals surface area contributed by atoms with E-state index in [2.05, 4.69) is 15.2 Å². The average molecular weight is 618 g/mol. The quantitative estimate of drug-likeness (QED) is 0.150. The largest absolute Gasteiger partial charge is 0.545 e. The Hall–Kier alpha value is -5.51. The first-order valence-corrected chi connectivity index (χ1v) is 13.8. The molecular weight excluding hydrogens is 592 g/mol.